The third-order valence-corrected chi connectivity index (χ3v) is 3.93. The van der Waals surface area contributed by atoms with E-state index in [2.05, 4.69) is 10.3 Å². The number of nitrogens with one attached hydrogen (secondary N) is 2. The number of rotatable bonds is 5. The molecule has 1 aromatic heterocycles. The van der Waals surface area contributed by atoms with Gasteiger partial charge in [-0.05, 0) is 25.3 Å². The lowest BCUT2D eigenvalue weighted by molar-refractivity contribution is 0.0723. The number of hydrogen-bond acceptors (Lipinski definition) is 4. The molecule has 0 aliphatic carbocycles. The minimum Gasteiger partial charge on any atom is -0.397 e. The maximum atomic E-state index is 12.1. The van der Waals surface area contributed by atoms with Crippen LogP contribution < -0.4 is 11.1 Å². The van der Waals surface area contributed by atoms with Crippen LogP contribution in [0.25, 0.3) is 10.9 Å². The molecule has 108 valence electrons. The predicted molar refractivity (Wildman–Crippen MR) is 84.1 cm³/mol. The van der Waals surface area contributed by atoms with E-state index in [1.165, 1.54) is 11.8 Å². The Labute approximate surface area is 121 Å². The summed E-state index contributed by atoms with van der Waals surface area (Å²) in [6, 6.07) is 7.27. The number of carbonyl (C=O) groups is 1. The molecule has 0 saturated carbocycles. The fourth-order valence-corrected chi connectivity index (χ4v) is 2.75. The van der Waals surface area contributed by atoms with E-state index < -0.39 is 5.60 Å². The van der Waals surface area contributed by atoms with Gasteiger partial charge in [-0.25, -0.2) is 0 Å². The van der Waals surface area contributed by atoms with Gasteiger partial charge in [0.25, 0.3) is 5.91 Å². The Bertz CT molecular complexity index is 622. The first-order valence-corrected chi connectivity index (χ1v) is 7.69. The van der Waals surface area contributed by atoms with Crippen molar-refractivity contribution in [2.24, 2.45) is 0 Å². The van der Waals surface area contributed by atoms with E-state index >= 15 is 0 Å². The molecular weight excluding hydrogens is 274 g/mol. The topological polar surface area (TPSA) is 91.1 Å². The lowest BCUT2D eigenvalue weighted by atomic mass is 10.1. The number of carbonyl (C=O) groups excluding carboxylic acids is 1. The standard InChI is InChI=1S/C14H19N3O2S/c1-14(19,8-20-2)7-16-13(18)11-6-9-4-3-5-10(15)12(9)17-11/h3-6,17,19H,7-8,15H2,1-2H3,(H,16,18). The maximum absolute atomic E-state index is 12.1. The predicted octanol–water partition coefficient (Wildman–Crippen LogP) is 1.59. The van der Waals surface area contributed by atoms with Crippen molar-refractivity contribution in [2.45, 2.75) is 12.5 Å². The molecule has 0 fully saturated rings. The van der Waals surface area contributed by atoms with Gasteiger partial charge in [0.1, 0.15) is 5.69 Å². The van der Waals surface area contributed by atoms with Gasteiger partial charge in [0, 0.05) is 17.7 Å². The summed E-state index contributed by atoms with van der Waals surface area (Å²) in [5, 5.41) is 13.7. The number of aromatic amines is 1. The summed E-state index contributed by atoms with van der Waals surface area (Å²) in [5.41, 5.74) is 6.74. The monoisotopic (exact) mass is 293 g/mol. The lowest BCUT2D eigenvalue weighted by Crippen LogP contribution is -2.42. The van der Waals surface area contributed by atoms with Gasteiger partial charge < -0.3 is 21.1 Å². The number of H-pyrrole nitrogens is 1. The third kappa shape index (κ3) is 3.26. The Hall–Kier alpha value is -1.66. The Morgan fingerprint density at radius 3 is 2.95 bits per heavy atom. The zero-order chi connectivity index (χ0) is 14.8. The number of nitrogen functional groups attached to an aromatic ring is 1. The Balaban J connectivity index is 2.10. The summed E-state index contributed by atoms with van der Waals surface area (Å²) in [4.78, 5) is 15.1. The van der Waals surface area contributed by atoms with Crippen LogP contribution in [0.2, 0.25) is 0 Å². The molecule has 1 amide bonds. The second-order valence-electron chi connectivity index (χ2n) is 5.11. The Morgan fingerprint density at radius 2 is 2.30 bits per heavy atom. The molecule has 1 aromatic carbocycles. The minimum atomic E-state index is -0.917. The van der Waals surface area contributed by atoms with Crippen molar-refractivity contribution >= 4 is 34.3 Å². The van der Waals surface area contributed by atoms with Crippen LogP contribution in [-0.2, 0) is 0 Å². The van der Waals surface area contributed by atoms with Crippen molar-refractivity contribution < 1.29 is 9.90 Å². The van der Waals surface area contributed by atoms with Crippen LogP contribution in [0, 0.1) is 0 Å². The highest BCUT2D eigenvalue weighted by Gasteiger charge is 2.21. The second kappa shape index (κ2) is 5.76. The number of nitrogens with two attached hydrogens (primary N) is 1. The van der Waals surface area contributed by atoms with Gasteiger partial charge in [-0.1, -0.05) is 12.1 Å². The highest BCUT2D eigenvalue weighted by Crippen LogP contribution is 2.21. The van der Waals surface area contributed by atoms with E-state index in [1.807, 2.05) is 18.4 Å². The zero-order valence-corrected chi connectivity index (χ0v) is 12.4. The average Bonchev–Trinajstić information content (AvgIpc) is 2.81. The highest BCUT2D eigenvalue weighted by atomic mass is 32.2. The molecule has 0 bridgehead atoms. The van der Waals surface area contributed by atoms with Crippen molar-refractivity contribution in [3.8, 4) is 0 Å². The second-order valence-corrected chi connectivity index (χ2v) is 5.97. The minimum absolute atomic E-state index is 0.206. The molecule has 0 aliphatic heterocycles. The van der Waals surface area contributed by atoms with Crippen molar-refractivity contribution in [2.75, 3.05) is 24.3 Å². The van der Waals surface area contributed by atoms with Crippen molar-refractivity contribution in [3.63, 3.8) is 0 Å². The van der Waals surface area contributed by atoms with Crippen LogP contribution in [0.5, 0.6) is 0 Å². The van der Waals surface area contributed by atoms with E-state index in [1.54, 1.807) is 19.1 Å². The van der Waals surface area contributed by atoms with Crippen LogP contribution in [0.4, 0.5) is 5.69 Å². The fourth-order valence-electron chi connectivity index (χ4n) is 2.03. The summed E-state index contributed by atoms with van der Waals surface area (Å²) >= 11 is 1.54. The van der Waals surface area contributed by atoms with E-state index in [-0.39, 0.29) is 12.5 Å². The largest absolute Gasteiger partial charge is 0.397 e. The number of amides is 1. The van der Waals surface area contributed by atoms with Crippen molar-refractivity contribution in [1.82, 2.24) is 10.3 Å². The molecule has 0 radical (unpaired) electrons. The van der Waals surface area contributed by atoms with Gasteiger partial charge in [0.15, 0.2) is 0 Å². The lowest BCUT2D eigenvalue weighted by Gasteiger charge is -2.22. The summed E-state index contributed by atoms with van der Waals surface area (Å²) in [6.45, 7) is 1.91. The zero-order valence-electron chi connectivity index (χ0n) is 11.6. The molecule has 2 aromatic rings. The van der Waals surface area contributed by atoms with Crippen LogP contribution >= 0.6 is 11.8 Å². The fraction of sp³-hybridized carbons (Fsp3) is 0.357. The first-order valence-electron chi connectivity index (χ1n) is 6.30. The summed E-state index contributed by atoms with van der Waals surface area (Å²) in [5.74, 6) is 0.314. The Kier molecular flexibility index (Phi) is 4.25. The number of hydrogen-bond donors (Lipinski definition) is 4. The van der Waals surface area contributed by atoms with Crippen molar-refractivity contribution in [1.29, 1.82) is 0 Å². The van der Waals surface area contributed by atoms with Gasteiger partial charge in [-0.2, -0.15) is 11.8 Å². The Morgan fingerprint density at radius 1 is 1.55 bits per heavy atom. The number of thioether (sulfide) groups is 1. The number of fused-ring (bicyclic) bond motifs is 1. The molecule has 0 saturated heterocycles. The van der Waals surface area contributed by atoms with Crippen molar-refractivity contribution in [3.05, 3.63) is 30.0 Å². The molecule has 20 heavy (non-hydrogen) atoms. The number of aromatic nitrogens is 1. The molecule has 0 aliphatic rings. The summed E-state index contributed by atoms with van der Waals surface area (Å²) in [7, 11) is 0. The first-order chi connectivity index (χ1) is 9.43. The van der Waals surface area contributed by atoms with E-state index in [0.29, 0.717) is 17.1 Å². The molecule has 5 nitrogen and oxygen atoms in total. The molecule has 5 N–H and O–H groups in total. The van der Waals surface area contributed by atoms with Crippen LogP contribution in [0.15, 0.2) is 24.3 Å². The van der Waals surface area contributed by atoms with Gasteiger partial charge in [0.2, 0.25) is 0 Å². The SMILES string of the molecule is CSCC(C)(O)CNC(=O)c1cc2cccc(N)c2[nH]1. The molecule has 0 spiro atoms. The van der Waals surface area contributed by atoms with Gasteiger partial charge in [-0.3, -0.25) is 4.79 Å². The summed E-state index contributed by atoms with van der Waals surface area (Å²) < 4.78 is 0. The normalized spacial score (nSPS) is 14.2. The number of para-hydroxylation sites is 1. The van der Waals surface area contributed by atoms with Gasteiger partial charge in [-0.15, -0.1) is 0 Å². The quantitative estimate of drug-likeness (QED) is 0.630. The summed E-state index contributed by atoms with van der Waals surface area (Å²) in [6.07, 6.45) is 1.91. The molecule has 2 rings (SSSR count). The highest BCUT2D eigenvalue weighted by molar-refractivity contribution is 7.98. The number of benzene rings is 1. The van der Waals surface area contributed by atoms with E-state index in [0.717, 1.165) is 10.9 Å². The molecular formula is C14H19N3O2S. The van der Waals surface area contributed by atoms with E-state index in [9.17, 15) is 9.90 Å². The number of anilines is 1. The molecule has 1 heterocycles. The number of aliphatic hydroxyl groups is 1. The third-order valence-electron chi connectivity index (χ3n) is 3.02. The van der Waals surface area contributed by atoms with Gasteiger partial charge in [0.05, 0.1) is 16.8 Å². The smallest absolute Gasteiger partial charge is 0.267 e. The molecule has 6 heteroatoms. The van der Waals surface area contributed by atoms with Crippen LogP contribution in [0.1, 0.15) is 17.4 Å². The van der Waals surface area contributed by atoms with Crippen LogP contribution in [0.3, 0.4) is 0 Å². The molecule has 1 unspecified atom stereocenters. The molecule has 1 atom stereocenters. The maximum Gasteiger partial charge on any atom is 0.267 e. The first kappa shape index (κ1) is 14.7. The van der Waals surface area contributed by atoms with E-state index in [4.69, 9.17) is 5.73 Å². The average molecular weight is 293 g/mol. The van der Waals surface area contributed by atoms with Crippen LogP contribution in [-0.4, -0.2) is 40.2 Å². The van der Waals surface area contributed by atoms with Gasteiger partial charge >= 0.3 is 0 Å².